The largest absolute Gasteiger partial charge is 0.174 e. The lowest BCUT2D eigenvalue weighted by atomic mass is 9.75. The van der Waals surface area contributed by atoms with E-state index >= 15 is 0 Å². The molecule has 0 N–H and O–H groups in total. The molecule has 3 heteroatoms. The van der Waals surface area contributed by atoms with Crippen LogP contribution in [0.25, 0.3) is 0 Å². The van der Waals surface area contributed by atoms with Crippen molar-refractivity contribution in [3.8, 4) is 0 Å². The Kier molecular flexibility index (Phi) is 2.16. The van der Waals surface area contributed by atoms with Gasteiger partial charge in [0.25, 0.3) is 0 Å². The molecule has 0 saturated heterocycles. The lowest BCUT2D eigenvalue weighted by Gasteiger charge is -1.74. The van der Waals surface area contributed by atoms with Crippen LogP contribution < -0.4 is 0 Å². The summed E-state index contributed by atoms with van der Waals surface area (Å²) in [6, 6.07) is 0. The van der Waals surface area contributed by atoms with Gasteiger partial charge in [-0.2, -0.15) is 11.3 Å². The molecular weight excluding hydrogens is 56.5 g/mol. The zero-order chi connectivity index (χ0) is 4.28. The summed E-state index contributed by atoms with van der Waals surface area (Å²) in [7, 11) is 14.4. The third kappa shape index (κ3) is 3.93. The van der Waals surface area contributed by atoms with Crippen LogP contribution in [-0.2, 0) is 0 Å². The van der Waals surface area contributed by atoms with Gasteiger partial charge in [-0.05, 0) is 0 Å². The predicted molar refractivity (Wildman–Crippen MR) is 25.3 cm³/mol. The molecular formula is C2HB3. The van der Waals surface area contributed by atoms with Crippen molar-refractivity contribution in [1.29, 1.82) is 0 Å². The molecule has 0 aliphatic heterocycles. The van der Waals surface area contributed by atoms with Gasteiger partial charge in [-0.3, -0.25) is 0 Å². The first-order valence-corrected chi connectivity index (χ1v) is 1.20. The predicted octanol–water partition coefficient (Wildman–Crippen LogP) is -0.709. The average molecular weight is 57.5 g/mol. The van der Waals surface area contributed by atoms with E-state index in [1.807, 2.05) is 0 Å². The highest BCUT2D eigenvalue weighted by Crippen LogP contribution is 1.65. The van der Waals surface area contributed by atoms with Crippen molar-refractivity contribution in [3.05, 3.63) is 11.3 Å². The van der Waals surface area contributed by atoms with Gasteiger partial charge in [0.05, 0.1) is 23.5 Å². The van der Waals surface area contributed by atoms with E-state index in [1.54, 1.807) is 0 Å². The van der Waals surface area contributed by atoms with Gasteiger partial charge >= 0.3 is 0 Å². The average Bonchev–Trinajstić information content (AvgIpc) is 1.38. The van der Waals surface area contributed by atoms with Gasteiger partial charge in [0, 0.05) is 0 Å². The maximum atomic E-state index is 4.81. The normalized spacial score (nSPS) is 6.40. The molecule has 0 unspecified atom stereocenters. The zero-order valence-electron chi connectivity index (χ0n) is 2.81. The van der Waals surface area contributed by atoms with E-state index < -0.39 is 0 Å². The third-order valence-corrected chi connectivity index (χ3v) is 0.192. The maximum Gasteiger partial charge on any atom is 0.1000 e. The van der Waals surface area contributed by atoms with Crippen LogP contribution in [0, 0.1) is 0 Å². The molecule has 18 valence electrons. The number of hydrogen-bond donors (Lipinski definition) is 0. The first-order chi connectivity index (χ1) is 2.27. The molecule has 0 amide bonds. The van der Waals surface area contributed by atoms with E-state index in [2.05, 4.69) is 0 Å². The SMILES string of the molecule is [B]C=C([B])[B]. The molecule has 0 aliphatic rings. The highest BCUT2D eigenvalue weighted by molar-refractivity contribution is 6.50. The van der Waals surface area contributed by atoms with Crippen molar-refractivity contribution in [3.63, 3.8) is 0 Å². The molecule has 0 fully saturated rings. The molecule has 0 bridgehead atoms. The van der Waals surface area contributed by atoms with Crippen molar-refractivity contribution >= 4 is 23.5 Å². The van der Waals surface area contributed by atoms with Crippen LogP contribution >= 0.6 is 0 Å². The summed E-state index contributed by atoms with van der Waals surface area (Å²) in [5, 5.41) is 0.157. The quantitative estimate of drug-likeness (QED) is 0.322. The van der Waals surface area contributed by atoms with Gasteiger partial charge in [-0.1, -0.05) is 0 Å². The number of hydrogen-bond acceptors (Lipinski definition) is 0. The van der Waals surface area contributed by atoms with E-state index in [1.165, 1.54) is 0 Å². The summed E-state index contributed by atoms with van der Waals surface area (Å²) in [6.45, 7) is 0. The topological polar surface area (TPSA) is 0 Å². The molecule has 5 heavy (non-hydrogen) atoms. The van der Waals surface area contributed by atoms with E-state index in [4.69, 9.17) is 23.5 Å². The van der Waals surface area contributed by atoms with Gasteiger partial charge in [-0.25, -0.2) is 0 Å². The molecule has 0 spiro atoms. The van der Waals surface area contributed by atoms with Crippen molar-refractivity contribution in [2.75, 3.05) is 0 Å². The first kappa shape index (κ1) is 4.93. The molecule has 0 aromatic heterocycles. The third-order valence-electron chi connectivity index (χ3n) is 0.192. The summed E-state index contributed by atoms with van der Waals surface area (Å²) in [6.07, 6.45) is 0. The summed E-state index contributed by atoms with van der Waals surface area (Å²) in [5.74, 6) is 1.14. The second-order valence-electron chi connectivity index (χ2n) is 0.667. The second-order valence-corrected chi connectivity index (χ2v) is 0.667. The fraction of sp³-hybridized carbons (Fsp3) is 0. The van der Waals surface area contributed by atoms with Crippen LogP contribution in [0.1, 0.15) is 0 Å². The highest BCUT2D eigenvalue weighted by Gasteiger charge is 1.61. The Morgan fingerprint density at radius 3 is 1.60 bits per heavy atom. The monoisotopic (exact) mass is 58.0 g/mol. The molecule has 0 aliphatic carbocycles. The van der Waals surface area contributed by atoms with Crippen molar-refractivity contribution in [2.24, 2.45) is 0 Å². The smallest absolute Gasteiger partial charge is 0.1000 e. The van der Waals surface area contributed by atoms with Crippen molar-refractivity contribution in [1.82, 2.24) is 0 Å². The second kappa shape index (κ2) is 2.19. The summed E-state index contributed by atoms with van der Waals surface area (Å²) >= 11 is 0. The van der Waals surface area contributed by atoms with Crippen LogP contribution in [0.4, 0.5) is 0 Å². The highest BCUT2D eigenvalue weighted by atomic mass is 13.3. The van der Waals surface area contributed by atoms with Crippen LogP contribution in [0.3, 0.4) is 0 Å². The zero-order valence-corrected chi connectivity index (χ0v) is 2.81. The van der Waals surface area contributed by atoms with E-state index in [9.17, 15) is 0 Å². The number of rotatable bonds is 0. The molecule has 6 radical (unpaired) electrons. The summed E-state index contributed by atoms with van der Waals surface area (Å²) in [4.78, 5) is 0. The fourth-order valence-electron chi connectivity index (χ4n) is 0. The van der Waals surface area contributed by atoms with Gasteiger partial charge in [-0.15, -0.1) is 0 Å². The minimum atomic E-state index is 0.157. The Labute approximate surface area is 35.9 Å². The van der Waals surface area contributed by atoms with Gasteiger partial charge < -0.3 is 0 Å². The molecule has 0 aromatic rings. The molecule has 0 atom stereocenters. The Morgan fingerprint density at radius 2 is 1.60 bits per heavy atom. The minimum absolute atomic E-state index is 0.157. The van der Waals surface area contributed by atoms with Gasteiger partial charge in [0.1, 0.15) is 0 Å². The van der Waals surface area contributed by atoms with E-state index in [0.717, 1.165) is 5.98 Å². The molecule has 0 aromatic carbocycles. The first-order valence-electron chi connectivity index (χ1n) is 1.20. The minimum Gasteiger partial charge on any atom is -0.174 e. The van der Waals surface area contributed by atoms with Crippen molar-refractivity contribution in [2.45, 2.75) is 0 Å². The van der Waals surface area contributed by atoms with Gasteiger partial charge in [0.15, 0.2) is 0 Å². The lowest BCUT2D eigenvalue weighted by molar-refractivity contribution is 2.35. The Bertz CT molecular complexity index is 42.9. The van der Waals surface area contributed by atoms with Gasteiger partial charge in [0.2, 0.25) is 0 Å². The van der Waals surface area contributed by atoms with E-state index in [0.29, 0.717) is 0 Å². The van der Waals surface area contributed by atoms with Crippen LogP contribution in [-0.4, -0.2) is 23.5 Å². The Morgan fingerprint density at radius 1 is 1.40 bits per heavy atom. The fourth-order valence-corrected chi connectivity index (χ4v) is 0. The summed E-state index contributed by atoms with van der Waals surface area (Å²) < 4.78 is 0. The molecule has 0 saturated carbocycles. The standard InChI is InChI=1S/C2HB3/c3-1-2(4)5/h1H. The summed E-state index contributed by atoms with van der Waals surface area (Å²) in [5.41, 5.74) is 0. The van der Waals surface area contributed by atoms with Crippen LogP contribution in [0.15, 0.2) is 11.3 Å². The van der Waals surface area contributed by atoms with E-state index in [-0.39, 0.29) is 5.37 Å². The van der Waals surface area contributed by atoms with Crippen LogP contribution in [0.2, 0.25) is 0 Å². The maximum absolute atomic E-state index is 4.81. The Hall–Kier alpha value is -0.0652. The molecule has 0 rings (SSSR count). The van der Waals surface area contributed by atoms with Crippen LogP contribution in [0.5, 0.6) is 0 Å². The Balaban J connectivity index is 3.14. The van der Waals surface area contributed by atoms with Crippen molar-refractivity contribution < 1.29 is 0 Å². The lowest BCUT2D eigenvalue weighted by Crippen LogP contribution is -1.74. The molecule has 0 nitrogen and oxygen atoms in total. The molecule has 0 heterocycles.